The van der Waals surface area contributed by atoms with Crippen LogP contribution < -0.4 is 20.1 Å². The molecule has 0 radical (unpaired) electrons. The van der Waals surface area contributed by atoms with E-state index in [1.165, 1.54) is 42.0 Å². The van der Waals surface area contributed by atoms with E-state index in [0.717, 1.165) is 23.5 Å². The first kappa shape index (κ1) is 26.0. The van der Waals surface area contributed by atoms with Crippen molar-refractivity contribution in [1.29, 1.82) is 0 Å². The van der Waals surface area contributed by atoms with Crippen LogP contribution in [-0.2, 0) is 6.18 Å². The van der Waals surface area contributed by atoms with Gasteiger partial charge in [-0.05, 0) is 37.4 Å². The van der Waals surface area contributed by atoms with Gasteiger partial charge in [-0.15, -0.1) is 11.3 Å². The SMILES string of the molecule is CNCCOc1c(NC(=O)c2csc(-c3ccnnc3)n2)ccc(Oc2ccccc2F)c1C(F)(F)F. The number of likely N-dealkylation sites (N-methyl/N-ethyl adjacent to an activating group) is 1. The molecule has 1 amide bonds. The minimum atomic E-state index is -4.96. The number of amides is 1. The van der Waals surface area contributed by atoms with Gasteiger partial charge in [0.2, 0.25) is 0 Å². The number of benzene rings is 2. The lowest BCUT2D eigenvalue weighted by molar-refractivity contribution is -0.139. The van der Waals surface area contributed by atoms with Crippen molar-refractivity contribution in [2.45, 2.75) is 6.18 Å². The molecule has 2 heterocycles. The molecule has 0 saturated carbocycles. The molecule has 0 aliphatic carbocycles. The number of rotatable bonds is 9. The lowest BCUT2D eigenvalue weighted by Crippen LogP contribution is -2.20. The second kappa shape index (κ2) is 11.3. The quantitative estimate of drug-likeness (QED) is 0.220. The van der Waals surface area contributed by atoms with Crippen molar-refractivity contribution in [2.75, 3.05) is 25.5 Å². The van der Waals surface area contributed by atoms with Crippen molar-refractivity contribution < 1.29 is 31.8 Å². The Morgan fingerprint density at radius 3 is 2.59 bits per heavy atom. The lowest BCUT2D eigenvalue weighted by Gasteiger charge is -2.21. The number of aromatic nitrogens is 3. The number of thiazole rings is 1. The number of carbonyl (C=O) groups excluding carboxylic acids is 1. The Labute approximate surface area is 212 Å². The summed E-state index contributed by atoms with van der Waals surface area (Å²) in [6, 6.07) is 8.91. The number of anilines is 1. The van der Waals surface area contributed by atoms with E-state index in [2.05, 4.69) is 25.8 Å². The zero-order valence-electron chi connectivity index (χ0n) is 19.2. The van der Waals surface area contributed by atoms with Crippen molar-refractivity contribution in [1.82, 2.24) is 20.5 Å². The minimum Gasteiger partial charge on any atom is -0.489 e. The fraction of sp³-hybridized carbons (Fsp3) is 0.167. The summed E-state index contributed by atoms with van der Waals surface area (Å²) in [6.07, 6.45) is -2.02. The highest BCUT2D eigenvalue weighted by Gasteiger charge is 2.40. The number of halogens is 4. The molecule has 13 heteroatoms. The van der Waals surface area contributed by atoms with Crippen LogP contribution in [-0.4, -0.2) is 41.3 Å². The van der Waals surface area contributed by atoms with Crippen LogP contribution in [0.3, 0.4) is 0 Å². The number of para-hydroxylation sites is 1. The standard InChI is InChI=1S/C24H19F4N5O3S/c1-29-10-11-35-21-16(32-22(34)17-13-37-23(33-17)14-8-9-30-31-12-14)6-7-19(20(21)24(26,27)28)36-18-5-3-2-4-15(18)25/h2-9,12-13,29H,10-11H2,1H3,(H,32,34). The molecule has 8 nitrogen and oxygen atoms in total. The van der Waals surface area contributed by atoms with E-state index in [0.29, 0.717) is 10.6 Å². The van der Waals surface area contributed by atoms with Gasteiger partial charge in [-0.3, -0.25) is 4.79 Å². The molecule has 2 aromatic carbocycles. The Kier molecular flexibility index (Phi) is 7.94. The monoisotopic (exact) mass is 533 g/mol. The second-order valence-corrected chi connectivity index (χ2v) is 8.28. The summed E-state index contributed by atoms with van der Waals surface area (Å²) in [5.41, 5.74) is -0.941. The summed E-state index contributed by atoms with van der Waals surface area (Å²) in [6.45, 7) is 0.0694. The maximum absolute atomic E-state index is 14.2. The molecule has 0 aliphatic rings. The summed E-state index contributed by atoms with van der Waals surface area (Å²) in [5.74, 6) is -3.34. The number of hydrogen-bond acceptors (Lipinski definition) is 8. The molecule has 2 aromatic heterocycles. The largest absolute Gasteiger partial charge is 0.489 e. The topological polar surface area (TPSA) is 98.3 Å². The first-order valence-corrected chi connectivity index (χ1v) is 11.6. The van der Waals surface area contributed by atoms with Crippen LogP contribution in [0.1, 0.15) is 16.1 Å². The fourth-order valence-electron chi connectivity index (χ4n) is 3.18. The summed E-state index contributed by atoms with van der Waals surface area (Å²) in [7, 11) is 1.60. The third-order valence-corrected chi connectivity index (χ3v) is 5.77. The van der Waals surface area contributed by atoms with Gasteiger partial charge in [0.1, 0.15) is 28.6 Å². The molecule has 4 aromatic rings. The van der Waals surface area contributed by atoms with Crippen molar-refractivity contribution in [3.63, 3.8) is 0 Å². The minimum absolute atomic E-state index is 0.0155. The highest BCUT2D eigenvalue weighted by Crippen LogP contribution is 2.47. The zero-order chi connectivity index (χ0) is 26.4. The van der Waals surface area contributed by atoms with Crippen molar-refractivity contribution in [2.24, 2.45) is 0 Å². The van der Waals surface area contributed by atoms with Gasteiger partial charge in [-0.2, -0.15) is 23.4 Å². The average molecular weight is 534 g/mol. The molecule has 0 unspecified atom stereocenters. The summed E-state index contributed by atoms with van der Waals surface area (Å²) < 4.78 is 67.6. The molecule has 0 saturated heterocycles. The smallest absolute Gasteiger partial charge is 0.423 e. The Morgan fingerprint density at radius 1 is 1.08 bits per heavy atom. The molecule has 0 atom stereocenters. The van der Waals surface area contributed by atoms with Crippen LogP contribution in [0.15, 0.2) is 60.2 Å². The van der Waals surface area contributed by atoms with Crippen LogP contribution in [0.25, 0.3) is 10.6 Å². The summed E-state index contributed by atoms with van der Waals surface area (Å²) in [5, 5.41) is 14.6. The van der Waals surface area contributed by atoms with E-state index in [1.807, 2.05) is 0 Å². The van der Waals surface area contributed by atoms with Gasteiger partial charge in [0, 0.05) is 17.5 Å². The molecule has 4 rings (SSSR count). The Morgan fingerprint density at radius 2 is 1.89 bits per heavy atom. The van der Waals surface area contributed by atoms with Crippen molar-refractivity contribution in [3.8, 4) is 27.8 Å². The average Bonchev–Trinajstić information content (AvgIpc) is 3.37. The maximum atomic E-state index is 14.2. The Bertz CT molecular complexity index is 1380. The van der Waals surface area contributed by atoms with Crippen LogP contribution in [0.4, 0.5) is 23.2 Å². The molecule has 2 N–H and O–H groups in total. The second-order valence-electron chi connectivity index (χ2n) is 7.42. The van der Waals surface area contributed by atoms with E-state index in [4.69, 9.17) is 9.47 Å². The number of nitrogens with zero attached hydrogens (tertiary/aromatic N) is 3. The Balaban J connectivity index is 1.70. The van der Waals surface area contributed by atoms with Crippen LogP contribution >= 0.6 is 11.3 Å². The first-order valence-electron chi connectivity index (χ1n) is 10.8. The van der Waals surface area contributed by atoms with Crippen molar-refractivity contribution in [3.05, 3.63) is 77.3 Å². The summed E-state index contributed by atoms with van der Waals surface area (Å²) >= 11 is 1.16. The predicted octanol–water partition coefficient (Wildman–Crippen LogP) is 5.40. The van der Waals surface area contributed by atoms with Crippen molar-refractivity contribution >= 4 is 22.9 Å². The van der Waals surface area contributed by atoms with Gasteiger partial charge < -0.3 is 20.1 Å². The highest BCUT2D eigenvalue weighted by atomic mass is 32.1. The molecule has 0 fully saturated rings. The fourth-order valence-corrected chi connectivity index (χ4v) is 3.97. The predicted molar refractivity (Wildman–Crippen MR) is 128 cm³/mol. The highest BCUT2D eigenvalue weighted by molar-refractivity contribution is 7.13. The number of hydrogen-bond donors (Lipinski definition) is 2. The number of carbonyl (C=O) groups is 1. The molecule has 192 valence electrons. The van der Waals surface area contributed by atoms with Crippen LogP contribution in [0, 0.1) is 5.82 Å². The third kappa shape index (κ3) is 6.19. The van der Waals surface area contributed by atoms with E-state index in [1.54, 1.807) is 13.1 Å². The van der Waals surface area contributed by atoms with E-state index in [-0.39, 0.29) is 24.5 Å². The molecular weight excluding hydrogens is 514 g/mol. The number of nitrogens with one attached hydrogen (secondary N) is 2. The molecule has 37 heavy (non-hydrogen) atoms. The van der Waals surface area contributed by atoms with E-state index < -0.39 is 40.7 Å². The van der Waals surface area contributed by atoms with Gasteiger partial charge in [0.05, 0.1) is 18.1 Å². The van der Waals surface area contributed by atoms with E-state index >= 15 is 0 Å². The number of alkyl halides is 3. The molecular formula is C24H19F4N5O3S. The maximum Gasteiger partial charge on any atom is 0.423 e. The van der Waals surface area contributed by atoms with Crippen LogP contribution in [0.5, 0.6) is 17.2 Å². The van der Waals surface area contributed by atoms with Gasteiger partial charge in [0.25, 0.3) is 5.91 Å². The molecule has 0 aliphatic heterocycles. The van der Waals surface area contributed by atoms with Gasteiger partial charge in [0.15, 0.2) is 17.3 Å². The Hall–Kier alpha value is -4.10. The lowest BCUT2D eigenvalue weighted by atomic mass is 10.1. The molecule has 0 spiro atoms. The zero-order valence-corrected chi connectivity index (χ0v) is 20.0. The van der Waals surface area contributed by atoms with Gasteiger partial charge in [-0.25, -0.2) is 9.37 Å². The first-order chi connectivity index (χ1) is 17.8. The molecule has 0 bridgehead atoms. The van der Waals surface area contributed by atoms with Gasteiger partial charge >= 0.3 is 6.18 Å². The third-order valence-electron chi connectivity index (χ3n) is 4.87. The van der Waals surface area contributed by atoms with Crippen LogP contribution in [0.2, 0.25) is 0 Å². The number of ether oxygens (including phenoxy) is 2. The van der Waals surface area contributed by atoms with Gasteiger partial charge in [-0.1, -0.05) is 12.1 Å². The normalized spacial score (nSPS) is 11.3. The summed E-state index contributed by atoms with van der Waals surface area (Å²) in [4.78, 5) is 17.1. The van der Waals surface area contributed by atoms with E-state index in [9.17, 15) is 22.4 Å².